The molecule has 0 heterocycles. The van der Waals surface area contributed by atoms with Crippen molar-refractivity contribution in [2.24, 2.45) is 5.92 Å². The summed E-state index contributed by atoms with van der Waals surface area (Å²) in [5.74, 6) is -4.70. The molecule has 2 atom stereocenters. The predicted molar refractivity (Wildman–Crippen MR) is 69.7 cm³/mol. The number of carboxylic acid groups (broad SMARTS) is 1. The van der Waals surface area contributed by atoms with Crippen LogP contribution in [0.2, 0.25) is 5.02 Å². The first kappa shape index (κ1) is 16.4. The van der Waals surface area contributed by atoms with Gasteiger partial charge in [0.2, 0.25) is 0 Å². The molecule has 0 aliphatic carbocycles. The summed E-state index contributed by atoms with van der Waals surface area (Å²) in [6, 6.07) is 0.608. The molecule has 0 unspecified atom stereocenters. The molecule has 0 radical (unpaired) electrons. The quantitative estimate of drug-likeness (QED) is 0.822. The third-order valence-electron chi connectivity index (χ3n) is 3.05. The highest BCUT2D eigenvalue weighted by Gasteiger charge is 2.27. The van der Waals surface area contributed by atoms with E-state index in [1.54, 1.807) is 13.8 Å². The minimum Gasteiger partial charge on any atom is -0.480 e. The van der Waals surface area contributed by atoms with E-state index >= 15 is 0 Å². The molecule has 0 fully saturated rings. The first-order valence-electron chi connectivity index (χ1n) is 5.96. The Morgan fingerprint density at radius 3 is 2.50 bits per heavy atom. The summed E-state index contributed by atoms with van der Waals surface area (Å²) in [6.07, 6.45) is 0.518. The van der Waals surface area contributed by atoms with E-state index in [2.05, 4.69) is 5.32 Å². The molecule has 0 aliphatic rings. The minimum atomic E-state index is -1.22. The highest BCUT2D eigenvalue weighted by Crippen LogP contribution is 2.22. The summed E-state index contributed by atoms with van der Waals surface area (Å²) in [6.45, 7) is 3.41. The molecule has 20 heavy (non-hydrogen) atoms. The Labute approximate surface area is 119 Å². The number of hydrogen-bond acceptors (Lipinski definition) is 2. The third-order valence-corrected chi connectivity index (χ3v) is 3.39. The lowest BCUT2D eigenvalue weighted by Crippen LogP contribution is -2.45. The zero-order valence-corrected chi connectivity index (χ0v) is 11.7. The van der Waals surface area contributed by atoms with Crippen molar-refractivity contribution in [3.05, 3.63) is 34.4 Å². The lowest BCUT2D eigenvalue weighted by molar-refractivity contribution is -0.140. The van der Waals surface area contributed by atoms with Crippen LogP contribution in [0.5, 0.6) is 0 Å². The second-order valence-electron chi connectivity index (χ2n) is 4.40. The van der Waals surface area contributed by atoms with Gasteiger partial charge in [0.1, 0.15) is 16.9 Å². The van der Waals surface area contributed by atoms with E-state index in [0.29, 0.717) is 6.42 Å². The molecule has 0 saturated carbocycles. The van der Waals surface area contributed by atoms with Gasteiger partial charge in [-0.3, -0.25) is 4.79 Å². The Bertz CT molecular complexity index is 537. The van der Waals surface area contributed by atoms with Crippen LogP contribution in [0.3, 0.4) is 0 Å². The van der Waals surface area contributed by atoms with Gasteiger partial charge in [0.05, 0.1) is 5.56 Å². The van der Waals surface area contributed by atoms with E-state index in [1.165, 1.54) is 0 Å². The van der Waals surface area contributed by atoms with Crippen LogP contribution in [0.15, 0.2) is 12.1 Å². The van der Waals surface area contributed by atoms with Crippen LogP contribution in [-0.4, -0.2) is 23.0 Å². The fourth-order valence-corrected chi connectivity index (χ4v) is 1.77. The fraction of sp³-hybridized carbons (Fsp3) is 0.385. The number of rotatable bonds is 5. The van der Waals surface area contributed by atoms with E-state index in [9.17, 15) is 18.4 Å². The summed E-state index contributed by atoms with van der Waals surface area (Å²) in [5, 5.41) is 10.5. The molecular weight excluding hydrogens is 292 g/mol. The van der Waals surface area contributed by atoms with Crippen molar-refractivity contribution in [2.45, 2.75) is 26.3 Å². The van der Waals surface area contributed by atoms with Gasteiger partial charge in [-0.2, -0.15) is 0 Å². The lowest BCUT2D eigenvalue weighted by Gasteiger charge is -2.20. The van der Waals surface area contributed by atoms with Gasteiger partial charge in [-0.05, 0) is 18.1 Å². The van der Waals surface area contributed by atoms with Crippen molar-refractivity contribution in [1.82, 2.24) is 5.32 Å². The van der Waals surface area contributed by atoms with E-state index < -0.39 is 40.1 Å². The van der Waals surface area contributed by atoms with Crippen LogP contribution in [0.1, 0.15) is 30.6 Å². The Morgan fingerprint density at radius 1 is 1.40 bits per heavy atom. The zero-order valence-electron chi connectivity index (χ0n) is 10.9. The molecule has 0 spiro atoms. The molecule has 4 nitrogen and oxygen atoms in total. The fourth-order valence-electron chi connectivity index (χ4n) is 1.60. The Hall–Kier alpha value is -1.69. The van der Waals surface area contributed by atoms with Gasteiger partial charge in [-0.1, -0.05) is 31.9 Å². The molecule has 1 aromatic carbocycles. The van der Waals surface area contributed by atoms with Crippen molar-refractivity contribution < 1.29 is 23.5 Å². The number of carbonyl (C=O) groups is 2. The molecule has 0 aliphatic heterocycles. The van der Waals surface area contributed by atoms with Crippen molar-refractivity contribution in [1.29, 1.82) is 0 Å². The summed E-state index contributed by atoms with van der Waals surface area (Å²) in [7, 11) is 0. The maximum atomic E-state index is 13.7. The second kappa shape index (κ2) is 6.65. The summed E-state index contributed by atoms with van der Waals surface area (Å²) in [5.41, 5.74) is -0.494. The highest BCUT2D eigenvalue weighted by atomic mass is 35.5. The predicted octanol–water partition coefficient (Wildman–Crippen LogP) is 2.85. The van der Waals surface area contributed by atoms with Crippen LogP contribution in [0, 0.1) is 17.6 Å². The number of aliphatic carboxylic acids is 1. The van der Waals surface area contributed by atoms with Crippen molar-refractivity contribution >= 4 is 23.5 Å². The SMILES string of the molecule is CC[C@H](C)[C@H](NC(=O)c1ccc(F)c(Cl)c1F)C(=O)O. The number of nitrogens with one attached hydrogen (secondary N) is 1. The maximum absolute atomic E-state index is 13.7. The lowest BCUT2D eigenvalue weighted by atomic mass is 9.99. The number of hydrogen-bond donors (Lipinski definition) is 2. The Balaban J connectivity index is 3.01. The molecule has 1 amide bonds. The second-order valence-corrected chi connectivity index (χ2v) is 4.78. The first-order valence-corrected chi connectivity index (χ1v) is 6.34. The minimum absolute atomic E-state index is 0.338. The van der Waals surface area contributed by atoms with Crippen molar-refractivity contribution in [2.75, 3.05) is 0 Å². The number of halogens is 3. The standard InChI is InChI=1S/C13H14ClF2NO3/c1-3-6(2)11(13(19)20)17-12(18)7-4-5-8(15)9(14)10(7)16/h4-6,11H,3H2,1-2H3,(H,17,18)(H,19,20)/t6-,11-/m0/s1. The molecule has 1 aromatic rings. The van der Waals surface area contributed by atoms with Gasteiger partial charge < -0.3 is 10.4 Å². The summed E-state index contributed by atoms with van der Waals surface area (Å²) in [4.78, 5) is 22.9. The van der Waals surface area contributed by atoms with Crippen LogP contribution in [0.25, 0.3) is 0 Å². The smallest absolute Gasteiger partial charge is 0.326 e. The first-order chi connectivity index (χ1) is 9.29. The van der Waals surface area contributed by atoms with Gasteiger partial charge in [0.15, 0.2) is 5.82 Å². The molecule has 110 valence electrons. The van der Waals surface area contributed by atoms with Crippen molar-refractivity contribution in [3.63, 3.8) is 0 Å². The Morgan fingerprint density at radius 2 is 2.00 bits per heavy atom. The number of carboxylic acids is 1. The van der Waals surface area contributed by atoms with Gasteiger partial charge in [0, 0.05) is 0 Å². The zero-order chi connectivity index (χ0) is 15.4. The topological polar surface area (TPSA) is 66.4 Å². The highest BCUT2D eigenvalue weighted by molar-refractivity contribution is 6.31. The summed E-state index contributed by atoms with van der Waals surface area (Å²) < 4.78 is 26.7. The monoisotopic (exact) mass is 305 g/mol. The number of amides is 1. The average Bonchev–Trinajstić information content (AvgIpc) is 2.40. The van der Waals surface area contributed by atoms with Gasteiger partial charge in [-0.15, -0.1) is 0 Å². The molecule has 7 heteroatoms. The molecule has 2 N–H and O–H groups in total. The maximum Gasteiger partial charge on any atom is 0.326 e. The van der Waals surface area contributed by atoms with Gasteiger partial charge in [-0.25, -0.2) is 13.6 Å². The van der Waals surface area contributed by atoms with E-state index in [-0.39, 0.29) is 5.92 Å². The van der Waals surface area contributed by atoms with E-state index in [4.69, 9.17) is 16.7 Å². The van der Waals surface area contributed by atoms with Crippen LogP contribution in [-0.2, 0) is 4.79 Å². The van der Waals surface area contributed by atoms with Crippen LogP contribution >= 0.6 is 11.6 Å². The normalized spacial score (nSPS) is 13.7. The molecule has 0 aromatic heterocycles. The third kappa shape index (κ3) is 3.45. The van der Waals surface area contributed by atoms with Gasteiger partial charge >= 0.3 is 5.97 Å². The van der Waals surface area contributed by atoms with Crippen molar-refractivity contribution in [3.8, 4) is 0 Å². The molecule has 0 bridgehead atoms. The Kier molecular flexibility index (Phi) is 5.44. The summed E-state index contributed by atoms with van der Waals surface area (Å²) >= 11 is 5.37. The average molecular weight is 306 g/mol. The van der Waals surface area contributed by atoms with Crippen LogP contribution < -0.4 is 5.32 Å². The molecular formula is C13H14ClF2NO3. The van der Waals surface area contributed by atoms with E-state index in [0.717, 1.165) is 12.1 Å². The number of benzene rings is 1. The molecule has 1 rings (SSSR count). The van der Waals surface area contributed by atoms with E-state index in [1.807, 2.05) is 0 Å². The van der Waals surface area contributed by atoms with Crippen LogP contribution in [0.4, 0.5) is 8.78 Å². The largest absolute Gasteiger partial charge is 0.480 e. The van der Waals surface area contributed by atoms with Gasteiger partial charge in [0.25, 0.3) is 5.91 Å². The molecule has 0 saturated heterocycles. The number of carbonyl (C=O) groups excluding carboxylic acids is 1.